The minimum Gasteiger partial charge on any atom is -0.491 e. The van der Waals surface area contributed by atoms with Crippen LogP contribution in [0.5, 0.6) is 5.75 Å². The zero-order chi connectivity index (χ0) is 21.7. The molecule has 0 aliphatic carbocycles. The summed E-state index contributed by atoms with van der Waals surface area (Å²) in [4.78, 5) is 11.5. The van der Waals surface area contributed by atoms with Crippen LogP contribution in [-0.4, -0.2) is 22.3 Å². The van der Waals surface area contributed by atoms with Gasteiger partial charge in [0, 0.05) is 18.0 Å². The number of halogens is 1. The van der Waals surface area contributed by atoms with Gasteiger partial charge in [0.2, 0.25) is 0 Å². The van der Waals surface area contributed by atoms with Crippen LogP contribution >= 0.6 is 12.4 Å². The molecule has 174 valence electrons. The van der Waals surface area contributed by atoms with Gasteiger partial charge in [-0.2, -0.15) is 0 Å². The Hall–Kier alpha value is -2.46. The maximum Gasteiger partial charge on any atom is 0.144 e. The van der Waals surface area contributed by atoms with Crippen LogP contribution in [0.2, 0.25) is 0 Å². The largest absolute Gasteiger partial charge is 0.491 e. The Morgan fingerprint density at radius 3 is 2.53 bits per heavy atom. The number of ether oxygens (including phenoxy) is 1. The van der Waals surface area contributed by atoms with E-state index in [0.717, 1.165) is 47.8 Å². The van der Waals surface area contributed by atoms with Crippen molar-refractivity contribution in [3.8, 4) is 17.1 Å². The van der Waals surface area contributed by atoms with E-state index in [-0.39, 0.29) is 12.4 Å². The molecule has 2 N–H and O–H groups in total. The lowest BCUT2D eigenvalue weighted by Gasteiger charge is -2.03. The van der Waals surface area contributed by atoms with Crippen LogP contribution in [0.1, 0.15) is 76.8 Å². The standard InChI is InChI=1S/C27H37N3O.ClH/c1-3-5-6-7-8-9-10-11-12-14-22-16-17-23(29-22)20-26-27(31-19-4-2)21-25(30-26)24-15-13-18-28-24;/h3,13,15-18,20-21,28,30H,1,4-12,14,19H2,2H3;1H. The van der Waals surface area contributed by atoms with Gasteiger partial charge in [0.05, 0.1) is 29.4 Å². The minimum atomic E-state index is 0. The Balaban J connectivity index is 0.00000363. The highest BCUT2D eigenvalue weighted by molar-refractivity contribution is 5.99. The summed E-state index contributed by atoms with van der Waals surface area (Å²) in [7, 11) is 0. The molecule has 0 aromatic carbocycles. The van der Waals surface area contributed by atoms with E-state index in [1.54, 1.807) is 0 Å². The fourth-order valence-electron chi connectivity index (χ4n) is 3.80. The Labute approximate surface area is 199 Å². The third kappa shape index (κ3) is 8.23. The molecule has 1 aliphatic rings. The van der Waals surface area contributed by atoms with Crippen LogP contribution in [0.15, 0.2) is 59.9 Å². The van der Waals surface area contributed by atoms with Crippen molar-refractivity contribution in [1.82, 2.24) is 9.97 Å². The first-order chi connectivity index (χ1) is 15.3. The van der Waals surface area contributed by atoms with Gasteiger partial charge in [-0.15, -0.1) is 19.0 Å². The number of unbranched alkanes of at least 4 members (excludes halogenated alkanes) is 7. The van der Waals surface area contributed by atoms with Crippen molar-refractivity contribution in [2.75, 3.05) is 6.61 Å². The summed E-state index contributed by atoms with van der Waals surface area (Å²) in [5.41, 5.74) is 5.22. The second-order valence-corrected chi connectivity index (χ2v) is 8.20. The number of aliphatic imine (C=N–C) groups is 1. The number of aromatic nitrogens is 2. The van der Waals surface area contributed by atoms with Gasteiger partial charge in [0.15, 0.2) is 0 Å². The van der Waals surface area contributed by atoms with Crippen LogP contribution in [0.4, 0.5) is 0 Å². The highest BCUT2D eigenvalue weighted by atomic mass is 35.5. The van der Waals surface area contributed by atoms with Gasteiger partial charge in [-0.05, 0) is 62.5 Å². The topological polar surface area (TPSA) is 53.2 Å². The van der Waals surface area contributed by atoms with E-state index >= 15 is 0 Å². The zero-order valence-electron chi connectivity index (χ0n) is 19.4. The molecule has 3 heterocycles. The molecule has 0 saturated carbocycles. The van der Waals surface area contributed by atoms with Crippen molar-refractivity contribution >= 4 is 24.2 Å². The number of allylic oxidation sites excluding steroid dienone is 3. The number of nitrogens with zero attached hydrogens (tertiary/aromatic N) is 1. The Bertz CT molecular complexity index is 890. The monoisotopic (exact) mass is 455 g/mol. The molecule has 0 saturated heterocycles. The Morgan fingerprint density at radius 2 is 1.81 bits per heavy atom. The van der Waals surface area contributed by atoms with Crippen LogP contribution in [0.25, 0.3) is 17.5 Å². The quantitative estimate of drug-likeness (QED) is 0.206. The average Bonchev–Trinajstić information content (AvgIpc) is 3.53. The predicted molar refractivity (Wildman–Crippen MR) is 140 cm³/mol. The van der Waals surface area contributed by atoms with Crippen LogP contribution < -0.4 is 4.74 Å². The highest BCUT2D eigenvalue weighted by Crippen LogP contribution is 2.29. The molecular formula is C27H38ClN3O. The lowest BCUT2D eigenvalue weighted by atomic mass is 10.1. The molecule has 2 aromatic rings. The molecule has 1 aliphatic heterocycles. The number of hydrogen-bond acceptors (Lipinski definition) is 2. The Kier molecular flexibility index (Phi) is 11.7. The van der Waals surface area contributed by atoms with Crippen LogP contribution in [0, 0.1) is 0 Å². The summed E-state index contributed by atoms with van der Waals surface area (Å²) in [5, 5.41) is 0. The lowest BCUT2D eigenvalue weighted by molar-refractivity contribution is 0.317. The molecule has 0 radical (unpaired) electrons. The van der Waals surface area contributed by atoms with Crippen molar-refractivity contribution in [1.29, 1.82) is 0 Å². The second kappa shape index (κ2) is 14.6. The summed E-state index contributed by atoms with van der Waals surface area (Å²) >= 11 is 0. The van der Waals surface area contributed by atoms with Crippen LogP contribution in [0.3, 0.4) is 0 Å². The molecule has 0 amide bonds. The summed E-state index contributed by atoms with van der Waals surface area (Å²) in [6.45, 7) is 6.61. The van der Waals surface area contributed by atoms with Gasteiger partial charge >= 0.3 is 0 Å². The van der Waals surface area contributed by atoms with E-state index in [1.807, 2.05) is 18.3 Å². The van der Waals surface area contributed by atoms with Crippen molar-refractivity contribution < 1.29 is 4.74 Å². The third-order valence-corrected chi connectivity index (χ3v) is 5.51. The van der Waals surface area contributed by atoms with Gasteiger partial charge in [-0.25, -0.2) is 0 Å². The van der Waals surface area contributed by atoms with Crippen molar-refractivity contribution in [2.24, 2.45) is 4.99 Å². The molecule has 0 spiro atoms. The fourth-order valence-corrected chi connectivity index (χ4v) is 3.80. The molecule has 3 rings (SSSR count). The number of rotatable bonds is 15. The maximum atomic E-state index is 5.97. The molecule has 2 aromatic heterocycles. The van der Waals surface area contributed by atoms with Crippen molar-refractivity contribution in [3.63, 3.8) is 0 Å². The summed E-state index contributed by atoms with van der Waals surface area (Å²) < 4.78 is 5.97. The molecule has 0 atom stereocenters. The minimum absolute atomic E-state index is 0. The van der Waals surface area contributed by atoms with Gasteiger partial charge in [-0.3, -0.25) is 4.99 Å². The smallest absolute Gasteiger partial charge is 0.144 e. The average molecular weight is 456 g/mol. The van der Waals surface area contributed by atoms with Crippen LogP contribution in [-0.2, 0) is 0 Å². The van der Waals surface area contributed by atoms with Crippen molar-refractivity contribution in [3.05, 3.63) is 60.6 Å². The summed E-state index contributed by atoms with van der Waals surface area (Å²) in [6.07, 6.45) is 22.7. The van der Waals surface area contributed by atoms with Gasteiger partial charge < -0.3 is 14.7 Å². The lowest BCUT2D eigenvalue weighted by Crippen LogP contribution is -1.95. The molecule has 5 heteroatoms. The molecule has 0 unspecified atom stereocenters. The molecule has 0 fully saturated rings. The van der Waals surface area contributed by atoms with Crippen molar-refractivity contribution in [2.45, 2.75) is 71.1 Å². The van der Waals surface area contributed by atoms with Gasteiger partial charge in [0.25, 0.3) is 0 Å². The van der Waals surface area contributed by atoms with E-state index < -0.39 is 0 Å². The van der Waals surface area contributed by atoms with E-state index in [2.05, 4.69) is 53.8 Å². The Morgan fingerprint density at radius 1 is 1.03 bits per heavy atom. The number of nitrogens with one attached hydrogen (secondary N) is 2. The second-order valence-electron chi connectivity index (χ2n) is 8.20. The molecule has 32 heavy (non-hydrogen) atoms. The van der Waals surface area contributed by atoms with E-state index in [0.29, 0.717) is 6.61 Å². The number of hydrogen-bond donors (Lipinski definition) is 2. The molecular weight excluding hydrogens is 418 g/mol. The van der Waals surface area contributed by atoms with E-state index in [9.17, 15) is 0 Å². The zero-order valence-corrected chi connectivity index (χ0v) is 20.2. The highest BCUT2D eigenvalue weighted by Gasteiger charge is 2.12. The van der Waals surface area contributed by atoms with E-state index in [1.165, 1.54) is 50.7 Å². The number of aromatic amines is 2. The third-order valence-electron chi connectivity index (χ3n) is 5.51. The van der Waals surface area contributed by atoms with E-state index in [4.69, 9.17) is 9.73 Å². The predicted octanol–water partition coefficient (Wildman–Crippen LogP) is 8.27. The van der Waals surface area contributed by atoms with Gasteiger partial charge in [0.1, 0.15) is 5.75 Å². The fraction of sp³-hybridized carbons (Fsp3) is 0.444. The van der Waals surface area contributed by atoms with Gasteiger partial charge in [-0.1, -0.05) is 45.1 Å². The first-order valence-corrected chi connectivity index (χ1v) is 11.9. The normalized spacial score (nSPS) is 13.9. The number of H-pyrrole nitrogens is 2. The SMILES string of the molecule is C=CCCCCCCCCCC1=NC(=Cc2[nH]c(-c3ccc[nH]3)cc2OCCC)C=C1.Cl. The summed E-state index contributed by atoms with van der Waals surface area (Å²) in [5.74, 6) is 0.879. The maximum absolute atomic E-state index is 5.97. The summed E-state index contributed by atoms with van der Waals surface area (Å²) in [6, 6.07) is 6.12. The first kappa shape index (κ1) is 25.8. The first-order valence-electron chi connectivity index (χ1n) is 11.9. The molecule has 0 bridgehead atoms. The molecule has 4 nitrogen and oxygen atoms in total.